The maximum absolute atomic E-state index is 7.44. The first-order valence-electron chi connectivity index (χ1n) is 6.01. The summed E-state index contributed by atoms with van der Waals surface area (Å²) < 4.78 is 7.44. The fraction of sp³-hybridized carbons (Fsp3) is 0.692. The summed E-state index contributed by atoms with van der Waals surface area (Å²) in [6, 6.07) is 0. The molecular weight excluding hydrogens is 172 g/mol. The molecule has 14 heavy (non-hydrogen) atoms. The Kier molecular flexibility index (Phi) is 2.01. The first-order valence-corrected chi connectivity index (χ1v) is 5.60. The SMILES string of the molecule is [2H]O[C@]12C=C(C)CC[C@@H]1C(=C)CC[C@@H]2C. The van der Waals surface area contributed by atoms with Gasteiger partial charge in [-0.05, 0) is 38.5 Å². The zero-order valence-electron chi connectivity index (χ0n) is 10.2. The average Bonchev–Trinajstić information content (AvgIpc) is 2.23. The number of fused-ring (bicyclic) bond motifs is 1. The minimum absolute atomic E-state index is 0.363. The highest BCUT2D eigenvalue weighted by atomic mass is 16.3. The van der Waals surface area contributed by atoms with E-state index < -0.39 is 0 Å². The van der Waals surface area contributed by atoms with Crippen LogP contribution >= 0.6 is 0 Å². The maximum Gasteiger partial charge on any atom is 0.211 e. The molecule has 0 bridgehead atoms. The molecule has 1 saturated carbocycles. The van der Waals surface area contributed by atoms with E-state index in [9.17, 15) is 0 Å². The van der Waals surface area contributed by atoms with Crippen molar-refractivity contribution in [2.45, 2.75) is 45.1 Å². The molecule has 0 aliphatic heterocycles. The molecule has 1 nitrogen and oxygen atoms in total. The van der Waals surface area contributed by atoms with Gasteiger partial charge in [-0.2, -0.15) is 0 Å². The van der Waals surface area contributed by atoms with Crippen LogP contribution in [-0.4, -0.2) is 12.1 Å². The van der Waals surface area contributed by atoms with E-state index in [-0.39, 0.29) is 5.60 Å². The Morgan fingerprint density at radius 3 is 3.07 bits per heavy atom. The van der Waals surface area contributed by atoms with Gasteiger partial charge in [0.15, 0.2) is 0 Å². The van der Waals surface area contributed by atoms with E-state index in [0.717, 1.165) is 25.7 Å². The van der Waals surface area contributed by atoms with Gasteiger partial charge in [-0.3, -0.25) is 0 Å². The van der Waals surface area contributed by atoms with Gasteiger partial charge < -0.3 is 5.11 Å². The standard InChI is InChI=1S/C13H20O/c1-9-4-7-12-10(2)5-6-11(3)13(12,14)8-9/h8,11-12,14H,2,4-7H2,1,3H3/t11-,12+,13-/m0/s1/i14D. The van der Waals surface area contributed by atoms with Crippen LogP contribution in [0.2, 0.25) is 0 Å². The van der Waals surface area contributed by atoms with Crippen LogP contribution < -0.4 is 0 Å². The van der Waals surface area contributed by atoms with Gasteiger partial charge in [0.1, 0.15) is 0 Å². The molecule has 0 unspecified atom stereocenters. The summed E-state index contributed by atoms with van der Waals surface area (Å²) in [6.07, 6.45) is 6.61. The van der Waals surface area contributed by atoms with Crippen molar-refractivity contribution in [3.63, 3.8) is 0 Å². The van der Waals surface area contributed by atoms with Gasteiger partial charge in [0.05, 0.1) is 5.60 Å². The maximum atomic E-state index is 7.44. The molecule has 3 atom stereocenters. The normalized spacial score (nSPS) is 44.0. The quantitative estimate of drug-likeness (QED) is 0.635. The van der Waals surface area contributed by atoms with Gasteiger partial charge in [0, 0.05) is 5.92 Å². The van der Waals surface area contributed by atoms with E-state index in [1.165, 1.54) is 11.1 Å². The summed E-state index contributed by atoms with van der Waals surface area (Å²) >= 11 is 0. The third-order valence-electron chi connectivity index (χ3n) is 4.01. The monoisotopic (exact) mass is 193 g/mol. The van der Waals surface area contributed by atoms with Crippen LogP contribution in [0.25, 0.3) is 0 Å². The molecule has 78 valence electrons. The van der Waals surface area contributed by atoms with Crippen molar-refractivity contribution in [3.8, 4) is 0 Å². The second-order valence-corrected chi connectivity index (χ2v) is 5.03. The summed E-state index contributed by atoms with van der Waals surface area (Å²) in [5.41, 5.74) is 2.27. The summed E-state index contributed by atoms with van der Waals surface area (Å²) in [7, 11) is 0. The summed E-state index contributed by atoms with van der Waals surface area (Å²) in [6.45, 7) is 8.50. The molecule has 1 N–H and O–H groups in total. The van der Waals surface area contributed by atoms with Crippen molar-refractivity contribution >= 4 is 0 Å². The highest BCUT2D eigenvalue weighted by Gasteiger charge is 2.45. The first kappa shape index (κ1) is 8.72. The largest absolute Gasteiger partial charge is 0.385 e. The second-order valence-electron chi connectivity index (χ2n) is 5.03. The Labute approximate surface area is 88.0 Å². The minimum Gasteiger partial charge on any atom is -0.385 e. The lowest BCUT2D eigenvalue weighted by Crippen LogP contribution is -2.47. The molecule has 0 radical (unpaired) electrons. The van der Waals surface area contributed by atoms with Crippen molar-refractivity contribution in [2.75, 3.05) is 0 Å². The van der Waals surface area contributed by atoms with Crippen LogP contribution in [0, 0.1) is 11.8 Å². The van der Waals surface area contributed by atoms with Gasteiger partial charge in [0.2, 0.25) is 1.43 Å². The second kappa shape index (κ2) is 3.23. The summed E-state index contributed by atoms with van der Waals surface area (Å²) in [5, 5.41) is 5.15. The lowest BCUT2D eigenvalue weighted by molar-refractivity contribution is -0.0329. The Balaban J connectivity index is 2.42. The van der Waals surface area contributed by atoms with E-state index >= 15 is 0 Å². The van der Waals surface area contributed by atoms with Crippen molar-refractivity contribution < 1.29 is 5.11 Å². The lowest BCUT2D eigenvalue weighted by atomic mass is 9.62. The van der Waals surface area contributed by atoms with Gasteiger partial charge >= 0.3 is 0 Å². The average molecular weight is 193 g/mol. The molecule has 0 heterocycles. The Bertz CT molecular complexity index is 308. The summed E-state index contributed by atoms with van der Waals surface area (Å²) in [5.74, 6) is 0.795. The summed E-state index contributed by atoms with van der Waals surface area (Å²) in [4.78, 5) is 0. The fourth-order valence-electron chi connectivity index (χ4n) is 2.97. The smallest absolute Gasteiger partial charge is 0.211 e. The van der Waals surface area contributed by atoms with Gasteiger partial charge in [-0.1, -0.05) is 30.7 Å². The van der Waals surface area contributed by atoms with E-state index in [4.69, 9.17) is 6.54 Å². The predicted molar refractivity (Wildman–Crippen MR) is 59.0 cm³/mol. The predicted octanol–water partition coefficient (Wildman–Crippen LogP) is 3.06. The highest BCUT2D eigenvalue weighted by Crippen LogP contribution is 2.47. The molecule has 0 amide bonds. The minimum atomic E-state index is -0.377. The Hall–Kier alpha value is -0.560. The van der Waals surface area contributed by atoms with Crippen molar-refractivity contribution in [1.29, 1.82) is 1.43 Å². The van der Waals surface area contributed by atoms with Crippen molar-refractivity contribution in [3.05, 3.63) is 23.8 Å². The third kappa shape index (κ3) is 1.35. The Morgan fingerprint density at radius 2 is 2.36 bits per heavy atom. The van der Waals surface area contributed by atoms with E-state index in [1.807, 2.05) is 0 Å². The van der Waals surface area contributed by atoms with Crippen LogP contribution in [0.5, 0.6) is 0 Å². The molecule has 1 heteroatoms. The lowest BCUT2D eigenvalue weighted by Gasteiger charge is -2.47. The highest BCUT2D eigenvalue weighted by molar-refractivity contribution is 5.26. The van der Waals surface area contributed by atoms with Crippen molar-refractivity contribution in [2.24, 2.45) is 11.8 Å². The first-order chi connectivity index (χ1) is 7.10. The van der Waals surface area contributed by atoms with Crippen LogP contribution in [0.1, 0.15) is 39.5 Å². The van der Waals surface area contributed by atoms with Crippen LogP contribution in [-0.2, 0) is 0 Å². The molecular formula is C13H20O. The number of hydrogen-bond donors (Lipinski definition) is 1. The molecule has 2 rings (SSSR count). The molecule has 0 spiro atoms. The van der Waals surface area contributed by atoms with E-state index in [1.54, 1.807) is 0 Å². The topological polar surface area (TPSA) is 20.2 Å². The zero-order valence-corrected chi connectivity index (χ0v) is 9.18. The van der Waals surface area contributed by atoms with E-state index in [0.29, 0.717) is 11.8 Å². The number of hydrogen-bond acceptors (Lipinski definition) is 1. The molecule has 0 aromatic carbocycles. The number of aliphatic hydroxyl groups is 1. The van der Waals surface area contributed by atoms with Crippen LogP contribution in [0.3, 0.4) is 0 Å². The Morgan fingerprint density at radius 1 is 1.57 bits per heavy atom. The van der Waals surface area contributed by atoms with Crippen molar-refractivity contribution in [1.82, 2.24) is 0 Å². The number of allylic oxidation sites excluding steroid dienone is 1. The molecule has 0 aromatic rings. The van der Waals surface area contributed by atoms with Gasteiger partial charge in [0.25, 0.3) is 0 Å². The van der Waals surface area contributed by atoms with Crippen LogP contribution in [0.15, 0.2) is 23.8 Å². The third-order valence-corrected chi connectivity index (χ3v) is 4.01. The van der Waals surface area contributed by atoms with Crippen LogP contribution in [0.4, 0.5) is 0 Å². The zero-order chi connectivity index (χ0) is 11.1. The molecule has 0 aromatic heterocycles. The fourth-order valence-corrected chi connectivity index (χ4v) is 2.97. The molecule has 1 fully saturated rings. The van der Waals surface area contributed by atoms with Gasteiger partial charge in [-0.25, -0.2) is 0 Å². The molecule has 2 aliphatic rings. The molecule has 2 aliphatic carbocycles. The van der Waals surface area contributed by atoms with E-state index in [2.05, 4.69) is 26.5 Å². The van der Waals surface area contributed by atoms with Gasteiger partial charge in [-0.15, -0.1) is 0 Å². The molecule has 0 saturated heterocycles. The number of rotatable bonds is 1.